The van der Waals surface area contributed by atoms with E-state index in [0.29, 0.717) is 0 Å². The Morgan fingerprint density at radius 3 is 2.11 bits per heavy atom. The molecule has 0 saturated carbocycles. The topological polar surface area (TPSA) is 0 Å². The second-order valence-electron chi connectivity index (χ2n) is 1.47. The van der Waals surface area contributed by atoms with E-state index >= 15 is 0 Å². The number of hydrogen-bond acceptors (Lipinski definition) is 0. The Labute approximate surface area is 104 Å². The van der Waals surface area contributed by atoms with Crippen molar-refractivity contribution in [3.63, 3.8) is 0 Å². The Balaban J connectivity index is -0.000000120. The molecule has 0 nitrogen and oxygen atoms in total. The Kier molecular flexibility index (Phi) is 18.0. The third kappa shape index (κ3) is 7.49. The zero-order chi connectivity index (χ0) is 4.41. The molecule has 0 aromatic heterocycles. The van der Waals surface area contributed by atoms with E-state index in [4.69, 9.17) is 0 Å². The van der Waals surface area contributed by atoms with Gasteiger partial charge in [-0.15, -0.1) is 54.4 Å². The van der Waals surface area contributed by atoms with Crippen LogP contribution in [0.2, 0.25) is 0 Å². The Morgan fingerprint density at radius 2 is 2.00 bits per heavy atom. The fourth-order valence-corrected chi connectivity index (χ4v) is 0.515. The van der Waals surface area contributed by atoms with Crippen molar-refractivity contribution in [1.29, 1.82) is 0 Å². The molecule has 1 aliphatic rings. The molecule has 0 saturated heterocycles. The molecule has 0 amide bonds. The van der Waals surface area contributed by atoms with E-state index < -0.39 is 0 Å². The number of hydrogen-bond donors (Lipinski definition) is 0. The van der Waals surface area contributed by atoms with Gasteiger partial charge in [0.2, 0.25) is 0 Å². The van der Waals surface area contributed by atoms with Gasteiger partial charge in [0.15, 0.2) is 0 Å². The first-order valence-corrected chi connectivity index (χ1v) is 2.13. The van der Waals surface area contributed by atoms with Gasteiger partial charge in [0.05, 0.1) is 0 Å². The molecule has 0 unspecified atom stereocenters. The predicted molar refractivity (Wildman–Crippen MR) is 57.0 cm³/mol. The summed E-state index contributed by atoms with van der Waals surface area (Å²) in [6.45, 7) is 2.06. The summed E-state index contributed by atoms with van der Waals surface area (Å²) in [5.74, 6) is 0. The van der Waals surface area contributed by atoms with Gasteiger partial charge in [-0.05, 0) is 0 Å². The summed E-state index contributed by atoms with van der Waals surface area (Å²) in [6.07, 6.45) is 8.33. The fourth-order valence-electron chi connectivity index (χ4n) is 0.515. The van der Waals surface area contributed by atoms with Crippen LogP contribution >= 0.6 is 48.0 Å². The molecule has 0 fully saturated rings. The Bertz CT molecular complexity index is 105. The normalized spacial score (nSPS) is 12.3. The minimum atomic E-state index is 0. The van der Waals surface area contributed by atoms with E-state index in [1.54, 1.807) is 0 Å². The summed E-state index contributed by atoms with van der Waals surface area (Å²) in [7, 11) is 0. The third-order valence-electron chi connectivity index (χ3n) is 0.867. The molecule has 57 valence electrons. The molecule has 0 spiro atoms. The molecule has 0 atom stereocenters. The van der Waals surface area contributed by atoms with Crippen LogP contribution in [-0.4, -0.2) is 0 Å². The predicted octanol–water partition coefficient (Wildman–Crippen LogP) is 2.93. The first-order chi connectivity index (χ1) is 2.89. The average molecular weight is 527 g/mol. The minimum Gasteiger partial charge on any atom is -0.270 e. The van der Waals surface area contributed by atoms with Crippen LogP contribution < -0.4 is 0 Å². The van der Waals surface area contributed by atoms with E-state index in [0.717, 1.165) is 6.42 Å². The molecule has 3 heteroatoms. The number of rotatable bonds is 0. The van der Waals surface area contributed by atoms with E-state index in [2.05, 4.69) is 25.2 Å². The van der Waals surface area contributed by atoms with Crippen LogP contribution in [0.1, 0.15) is 13.3 Å². The summed E-state index contributed by atoms with van der Waals surface area (Å²) >= 11 is 0. The summed E-state index contributed by atoms with van der Waals surface area (Å²) in [5, 5.41) is 0. The number of allylic oxidation sites excluding steroid dienone is 4. The standard InChI is InChI=1S/C6H7.2HI.Ir/c1-6-4-2-3-5-6;;;/h2,4H,3H2,1H3;2*1H;/q-1;;;. The van der Waals surface area contributed by atoms with E-state index in [-0.39, 0.29) is 68.1 Å². The molecule has 0 bridgehead atoms. The summed E-state index contributed by atoms with van der Waals surface area (Å²) in [4.78, 5) is 0. The van der Waals surface area contributed by atoms with Gasteiger partial charge in [0.1, 0.15) is 0 Å². The van der Waals surface area contributed by atoms with Crippen molar-refractivity contribution in [1.82, 2.24) is 0 Å². The Hall–Kier alpha value is 1.59. The van der Waals surface area contributed by atoms with Crippen LogP contribution in [0, 0.1) is 6.08 Å². The molecule has 9 heavy (non-hydrogen) atoms. The third-order valence-corrected chi connectivity index (χ3v) is 0.867. The molecule has 1 rings (SSSR count). The summed E-state index contributed by atoms with van der Waals surface area (Å²) in [5.41, 5.74) is 1.27. The van der Waals surface area contributed by atoms with Gasteiger partial charge in [0, 0.05) is 20.1 Å². The van der Waals surface area contributed by atoms with Gasteiger partial charge in [-0.25, -0.2) is 11.6 Å². The summed E-state index contributed by atoms with van der Waals surface area (Å²) < 4.78 is 0. The van der Waals surface area contributed by atoms with Gasteiger partial charge in [0.25, 0.3) is 0 Å². The van der Waals surface area contributed by atoms with Crippen LogP contribution in [0.15, 0.2) is 17.7 Å². The maximum absolute atomic E-state index is 3.12. The molecule has 1 aliphatic carbocycles. The largest absolute Gasteiger partial charge is 0.270 e. The van der Waals surface area contributed by atoms with Gasteiger partial charge in [-0.1, -0.05) is 6.92 Å². The van der Waals surface area contributed by atoms with E-state index in [1.165, 1.54) is 5.57 Å². The zero-order valence-electron chi connectivity index (χ0n) is 5.01. The molecule has 0 aromatic rings. The fraction of sp³-hybridized carbons (Fsp3) is 0.333. The average Bonchev–Trinajstić information content (AvgIpc) is 1.86. The molecule has 0 heterocycles. The van der Waals surface area contributed by atoms with Crippen LogP contribution in [0.25, 0.3) is 0 Å². The van der Waals surface area contributed by atoms with Gasteiger partial charge in [-0.3, -0.25) is 6.08 Å². The van der Waals surface area contributed by atoms with Gasteiger partial charge >= 0.3 is 0 Å². The van der Waals surface area contributed by atoms with Crippen LogP contribution in [0.5, 0.6) is 0 Å². The second kappa shape index (κ2) is 9.59. The van der Waals surface area contributed by atoms with E-state index in [1.807, 2.05) is 0 Å². The Morgan fingerprint density at radius 1 is 1.44 bits per heavy atom. The van der Waals surface area contributed by atoms with Crippen molar-refractivity contribution in [2.24, 2.45) is 0 Å². The zero-order valence-corrected chi connectivity index (χ0v) is 12.1. The molecular formula is C6H9I2Ir-. The smallest absolute Gasteiger partial charge is 0 e. The molecule has 0 aliphatic heterocycles. The molecular weight excluding hydrogens is 518 g/mol. The van der Waals surface area contributed by atoms with Gasteiger partial charge in [-0.2, -0.15) is 6.08 Å². The maximum Gasteiger partial charge on any atom is 0 e. The van der Waals surface area contributed by atoms with Crippen LogP contribution in [-0.2, 0) is 20.1 Å². The van der Waals surface area contributed by atoms with Crippen LogP contribution in [0.4, 0.5) is 0 Å². The SMILES string of the molecule is CC1=[C-]CC=C1.I.I.[Ir]. The first-order valence-electron chi connectivity index (χ1n) is 2.13. The first kappa shape index (κ1) is 16.9. The van der Waals surface area contributed by atoms with Gasteiger partial charge < -0.3 is 0 Å². The quantitative estimate of drug-likeness (QED) is 0.336. The molecule has 0 aromatic carbocycles. The number of halogens is 2. The monoisotopic (exact) mass is 528 g/mol. The van der Waals surface area contributed by atoms with E-state index in [9.17, 15) is 0 Å². The molecule has 0 N–H and O–H groups in total. The van der Waals surface area contributed by atoms with Crippen molar-refractivity contribution >= 4 is 48.0 Å². The van der Waals surface area contributed by atoms with Crippen molar-refractivity contribution in [2.45, 2.75) is 13.3 Å². The maximum atomic E-state index is 3.12. The van der Waals surface area contributed by atoms with Crippen molar-refractivity contribution in [3.8, 4) is 0 Å². The summed E-state index contributed by atoms with van der Waals surface area (Å²) in [6, 6.07) is 0. The van der Waals surface area contributed by atoms with Crippen molar-refractivity contribution in [2.75, 3.05) is 0 Å². The minimum absolute atomic E-state index is 0. The molecule has 1 radical (unpaired) electrons. The second-order valence-corrected chi connectivity index (χ2v) is 1.47. The van der Waals surface area contributed by atoms with Crippen LogP contribution in [0.3, 0.4) is 0 Å². The van der Waals surface area contributed by atoms with Crippen molar-refractivity contribution in [3.05, 3.63) is 23.8 Å². The van der Waals surface area contributed by atoms with Crippen molar-refractivity contribution < 1.29 is 20.1 Å².